The summed E-state index contributed by atoms with van der Waals surface area (Å²) in [5, 5.41) is 3.12. The third kappa shape index (κ3) is 7.19. The number of halogens is 1. The molecule has 0 radical (unpaired) electrons. The minimum Gasteiger partial charge on any atom is -0.383 e. The number of carbonyl (C=O) groups is 1. The maximum atomic E-state index is 12.0. The standard InChI is InChI=1S/C13H26N2O2.ClH/c1-11(2)6-8-15(12-4-5-12)13(16)10-14-7-9-17-3;/h11-12,14H,4-10H2,1-3H3;1H. The van der Waals surface area contributed by atoms with Crippen molar-refractivity contribution in [2.24, 2.45) is 5.92 Å². The molecule has 0 atom stereocenters. The average Bonchev–Trinajstić information content (AvgIpc) is 3.08. The lowest BCUT2D eigenvalue weighted by molar-refractivity contribution is -0.131. The predicted molar refractivity (Wildman–Crippen MR) is 76.2 cm³/mol. The molecular formula is C13H27ClN2O2. The highest BCUT2D eigenvalue weighted by atomic mass is 35.5. The summed E-state index contributed by atoms with van der Waals surface area (Å²) in [5.41, 5.74) is 0. The summed E-state index contributed by atoms with van der Waals surface area (Å²) in [7, 11) is 1.67. The van der Waals surface area contributed by atoms with Crippen LogP contribution in [0.5, 0.6) is 0 Å². The zero-order valence-corrected chi connectivity index (χ0v) is 12.6. The summed E-state index contributed by atoms with van der Waals surface area (Å²) in [6.45, 7) is 7.15. The highest BCUT2D eigenvalue weighted by Crippen LogP contribution is 2.27. The van der Waals surface area contributed by atoms with Crippen molar-refractivity contribution in [3.8, 4) is 0 Å². The molecule has 1 aliphatic carbocycles. The zero-order valence-electron chi connectivity index (χ0n) is 11.8. The summed E-state index contributed by atoms with van der Waals surface area (Å²) in [6.07, 6.45) is 3.46. The highest BCUT2D eigenvalue weighted by molar-refractivity contribution is 5.85. The zero-order chi connectivity index (χ0) is 12.7. The first kappa shape index (κ1) is 17.7. The minimum absolute atomic E-state index is 0. The van der Waals surface area contributed by atoms with E-state index in [2.05, 4.69) is 24.1 Å². The van der Waals surface area contributed by atoms with E-state index >= 15 is 0 Å². The van der Waals surface area contributed by atoms with E-state index in [0.29, 0.717) is 25.1 Å². The average molecular weight is 279 g/mol. The van der Waals surface area contributed by atoms with E-state index in [1.54, 1.807) is 7.11 Å². The molecular weight excluding hydrogens is 252 g/mol. The fraction of sp³-hybridized carbons (Fsp3) is 0.923. The van der Waals surface area contributed by atoms with Gasteiger partial charge in [-0.2, -0.15) is 0 Å². The van der Waals surface area contributed by atoms with Crippen LogP contribution in [0.1, 0.15) is 33.1 Å². The van der Waals surface area contributed by atoms with Gasteiger partial charge >= 0.3 is 0 Å². The van der Waals surface area contributed by atoms with Crippen molar-refractivity contribution in [1.82, 2.24) is 10.2 Å². The van der Waals surface area contributed by atoms with Gasteiger partial charge in [-0.05, 0) is 25.2 Å². The fourth-order valence-corrected chi connectivity index (χ4v) is 1.77. The van der Waals surface area contributed by atoms with E-state index in [1.807, 2.05) is 0 Å². The molecule has 1 saturated carbocycles. The number of ether oxygens (including phenoxy) is 1. The van der Waals surface area contributed by atoms with E-state index in [1.165, 1.54) is 12.8 Å². The van der Waals surface area contributed by atoms with Gasteiger partial charge in [0.2, 0.25) is 5.91 Å². The lowest BCUT2D eigenvalue weighted by atomic mass is 10.1. The van der Waals surface area contributed by atoms with Crippen molar-refractivity contribution in [2.45, 2.75) is 39.2 Å². The number of nitrogens with one attached hydrogen (secondary N) is 1. The lowest BCUT2D eigenvalue weighted by Gasteiger charge is -2.23. The molecule has 0 aromatic heterocycles. The molecule has 1 amide bonds. The van der Waals surface area contributed by atoms with Gasteiger partial charge in [-0.15, -0.1) is 12.4 Å². The largest absolute Gasteiger partial charge is 0.383 e. The van der Waals surface area contributed by atoms with Crippen LogP contribution in [0.4, 0.5) is 0 Å². The van der Waals surface area contributed by atoms with Gasteiger partial charge in [0.1, 0.15) is 0 Å². The number of methoxy groups -OCH3 is 1. The summed E-state index contributed by atoms with van der Waals surface area (Å²) in [4.78, 5) is 14.1. The number of hydrogen-bond acceptors (Lipinski definition) is 3. The maximum absolute atomic E-state index is 12.0. The van der Waals surface area contributed by atoms with Gasteiger partial charge in [0.05, 0.1) is 13.2 Å². The van der Waals surface area contributed by atoms with Crippen LogP contribution in [-0.2, 0) is 9.53 Å². The first-order valence-electron chi connectivity index (χ1n) is 6.64. The van der Waals surface area contributed by atoms with Crippen LogP contribution in [0, 0.1) is 5.92 Å². The molecule has 18 heavy (non-hydrogen) atoms. The molecule has 4 nitrogen and oxygen atoms in total. The van der Waals surface area contributed by atoms with E-state index in [-0.39, 0.29) is 18.3 Å². The quantitative estimate of drug-likeness (QED) is 0.653. The van der Waals surface area contributed by atoms with Gasteiger partial charge in [0.15, 0.2) is 0 Å². The Morgan fingerprint density at radius 3 is 2.61 bits per heavy atom. The van der Waals surface area contributed by atoms with Crippen LogP contribution in [0.3, 0.4) is 0 Å². The second-order valence-electron chi connectivity index (χ2n) is 5.17. The van der Waals surface area contributed by atoms with Crippen LogP contribution >= 0.6 is 12.4 Å². The minimum atomic E-state index is 0. The Balaban J connectivity index is 0.00000289. The Bertz CT molecular complexity index is 233. The second-order valence-corrected chi connectivity index (χ2v) is 5.17. The normalized spacial score (nSPS) is 14.4. The van der Waals surface area contributed by atoms with Gasteiger partial charge in [0.25, 0.3) is 0 Å². The molecule has 0 heterocycles. The maximum Gasteiger partial charge on any atom is 0.236 e. The Hall–Kier alpha value is -0.320. The number of nitrogens with zero attached hydrogens (tertiary/aromatic N) is 1. The summed E-state index contributed by atoms with van der Waals surface area (Å²) in [6, 6.07) is 0.519. The van der Waals surface area contributed by atoms with Gasteiger partial charge in [0, 0.05) is 26.2 Å². The van der Waals surface area contributed by atoms with Crippen molar-refractivity contribution >= 4 is 18.3 Å². The van der Waals surface area contributed by atoms with Crippen molar-refractivity contribution in [1.29, 1.82) is 0 Å². The topological polar surface area (TPSA) is 41.6 Å². The fourth-order valence-electron chi connectivity index (χ4n) is 1.77. The summed E-state index contributed by atoms with van der Waals surface area (Å²) < 4.78 is 4.94. The molecule has 0 aromatic carbocycles. The molecule has 0 saturated heterocycles. The molecule has 1 N–H and O–H groups in total. The Morgan fingerprint density at radius 2 is 2.11 bits per heavy atom. The van der Waals surface area contributed by atoms with Crippen LogP contribution in [0.25, 0.3) is 0 Å². The van der Waals surface area contributed by atoms with Crippen molar-refractivity contribution in [2.75, 3.05) is 33.4 Å². The lowest BCUT2D eigenvalue weighted by Crippen LogP contribution is -2.41. The van der Waals surface area contributed by atoms with Crippen molar-refractivity contribution in [3.05, 3.63) is 0 Å². The van der Waals surface area contributed by atoms with Crippen LogP contribution in [0.15, 0.2) is 0 Å². The molecule has 0 aliphatic heterocycles. The molecule has 5 heteroatoms. The first-order chi connectivity index (χ1) is 8.15. The van der Waals surface area contributed by atoms with Crippen LogP contribution in [-0.4, -0.2) is 50.2 Å². The second kappa shape index (κ2) is 9.59. The molecule has 1 aliphatic rings. The molecule has 1 fully saturated rings. The molecule has 0 spiro atoms. The third-order valence-corrected chi connectivity index (χ3v) is 3.01. The predicted octanol–water partition coefficient (Wildman–Crippen LogP) is 1.68. The number of amides is 1. The first-order valence-corrected chi connectivity index (χ1v) is 6.64. The van der Waals surface area contributed by atoms with E-state index in [4.69, 9.17) is 4.74 Å². The highest BCUT2D eigenvalue weighted by Gasteiger charge is 2.31. The van der Waals surface area contributed by atoms with Gasteiger partial charge in [-0.25, -0.2) is 0 Å². The van der Waals surface area contributed by atoms with Crippen LogP contribution in [0.2, 0.25) is 0 Å². The van der Waals surface area contributed by atoms with Crippen molar-refractivity contribution < 1.29 is 9.53 Å². The van der Waals surface area contributed by atoms with Crippen LogP contribution < -0.4 is 5.32 Å². The molecule has 0 bridgehead atoms. The monoisotopic (exact) mass is 278 g/mol. The Kier molecular flexibility index (Phi) is 9.42. The Labute approximate surface area is 117 Å². The molecule has 0 aromatic rings. The number of carbonyl (C=O) groups excluding carboxylic acids is 1. The van der Waals surface area contributed by atoms with E-state index < -0.39 is 0 Å². The van der Waals surface area contributed by atoms with Gasteiger partial charge in [-0.1, -0.05) is 13.8 Å². The Morgan fingerprint density at radius 1 is 1.44 bits per heavy atom. The number of rotatable bonds is 9. The summed E-state index contributed by atoms with van der Waals surface area (Å²) >= 11 is 0. The van der Waals surface area contributed by atoms with E-state index in [9.17, 15) is 4.79 Å². The third-order valence-electron chi connectivity index (χ3n) is 3.01. The smallest absolute Gasteiger partial charge is 0.236 e. The number of hydrogen-bond donors (Lipinski definition) is 1. The molecule has 0 unspecified atom stereocenters. The van der Waals surface area contributed by atoms with E-state index in [0.717, 1.165) is 19.5 Å². The molecule has 108 valence electrons. The molecule has 1 rings (SSSR count). The van der Waals surface area contributed by atoms with Crippen molar-refractivity contribution in [3.63, 3.8) is 0 Å². The SMILES string of the molecule is COCCNCC(=O)N(CCC(C)C)C1CC1.Cl. The summed E-state index contributed by atoms with van der Waals surface area (Å²) in [5.74, 6) is 0.898. The van der Waals surface area contributed by atoms with Gasteiger partial charge < -0.3 is 15.0 Å². The van der Waals surface area contributed by atoms with Gasteiger partial charge in [-0.3, -0.25) is 4.79 Å².